The van der Waals surface area contributed by atoms with Gasteiger partial charge in [0, 0.05) is 12.5 Å². The van der Waals surface area contributed by atoms with Gasteiger partial charge >= 0.3 is 6.09 Å². The fourth-order valence-electron chi connectivity index (χ4n) is 5.33. The Morgan fingerprint density at radius 3 is 2.72 bits per heavy atom. The number of halogens is 3. The third-order valence-electron chi connectivity index (χ3n) is 6.80. The smallest absolute Gasteiger partial charge is 0.378 e. The fraction of sp³-hybridized carbons (Fsp3) is 0.579. The Morgan fingerprint density at radius 2 is 2.03 bits per heavy atom. The van der Waals surface area contributed by atoms with Crippen LogP contribution in [0.15, 0.2) is 5.16 Å². The fourth-order valence-corrected chi connectivity index (χ4v) is 6.45. The zero-order chi connectivity index (χ0) is 22.9. The van der Waals surface area contributed by atoms with E-state index in [2.05, 4.69) is 15.0 Å². The average Bonchev–Trinajstić information content (AvgIpc) is 3.05. The Labute approximate surface area is 203 Å². The lowest BCUT2D eigenvalue weighted by atomic mass is 9.92. The maximum atomic E-state index is 15.1. The third-order valence-corrected chi connectivity index (χ3v) is 8.93. The minimum atomic E-state index is -3.81. The van der Waals surface area contributed by atoms with Gasteiger partial charge < -0.3 is 7.97 Å². The molecule has 0 saturated carbocycles. The molecule has 0 radical (unpaired) electrons. The molecule has 2 aromatic heterocycles. The molecule has 13 heteroatoms. The number of carbonyl (C=O) groups is 1. The molecule has 2 bridgehead atoms. The largest absolute Gasteiger partial charge is 0.419 e. The van der Waals surface area contributed by atoms with Gasteiger partial charge in [-0.05, 0) is 19.3 Å². The lowest BCUT2D eigenvalue weighted by Crippen LogP contribution is -2.61. The number of fused-ring (bicyclic) bond motifs is 5. The van der Waals surface area contributed by atoms with E-state index in [4.69, 9.17) is 14.7 Å². The number of piperazine rings is 1. The summed E-state index contributed by atoms with van der Waals surface area (Å²) in [4.78, 5) is 29.1. The Morgan fingerprint density at radius 1 is 1.28 bits per heavy atom. The maximum Gasteiger partial charge on any atom is 0.419 e. The van der Waals surface area contributed by atoms with Crippen LogP contribution >= 0.6 is 34.6 Å². The molecule has 3 aliphatic rings. The highest BCUT2D eigenvalue weighted by Gasteiger charge is 2.51. The van der Waals surface area contributed by atoms with E-state index in [-0.39, 0.29) is 46.6 Å². The van der Waals surface area contributed by atoms with Crippen molar-refractivity contribution in [3.63, 3.8) is 0 Å². The second-order valence-electron chi connectivity index (χ2n) is 8.46. The number of amides is 1. The summed E-state index contributed by atoms with van der Waals surface area (Å²) in [5.74, 6) is -0.876. The van der Waals surface area contributed by atoms with Crippen LogP contribution in [0.2, 0.25) is 5.15 Å². The van der Waals surface area contributed by atoms with Crippen molar-refractivity contribution in [1.82, 2.24) is 19.9 Å². The molecule has 5 heterocycles. The van der Waals surface area contributed by atoms with Gasteiger partial charge in [-0.25, -0.2) is 32.6 Å². The number of carbonyl (C=O) groups excluding carboxylic acids is 1. The van der Waals surface area contributed by atoms with Gasteiger partial charge in [0.25, 0.3) is 0 Å². The molecule has 0 unspecified atom stereocenters. The van der Waals surface area contributed by atoms with Crippen molar-refractivity contribution in [2.75, 3.05) is 17.2 Å². The highest BCUT2D eigenvalue weighted by molar-refractivity contribution is 14.1. The minimum absolute atomic E-state index is 0.114. The van der Waals surface area contributed by atoms with Crippen molar-refractivity contribution in [1.29, 1.82) is 0 Å². The molecular weight excluding hydrogens is 576 g/mol. The molecule has 4 atom stereocenters. The van der Waals surface area contributed by atoms with Crippen LogP contribution < -0.4 is 4.90 Å². The predicted molar refractivity (Wildman–Crippen MR) is 123 cm³/mol. The monoisotopic (exact) mass is 595 g/mol. The zero-order valence-electron chi connectivity index (χ0n) is 17.3. The molecular formula is C19H20ClFIN5O4S. The van der Waals surface area contributed by atoms with E-state index in [0.717, 1.165) is 12.8 Å². The van der Waals surface area contributed by atoms with Crippen LogP contribution in [0, 0.1) is 5.82 Å². The molecule has 0 spiro atoms. The topological polar surface area (TPSA) is 106 Å². The van der Waals surface area contributed by atoms with Crippen molar-refractivity contribution >= 4 is 67.3 Å². The van der Waals surface area contributed by atoms with Crippen LogP contribution in [0.25, 0.3) is 10.9 Å². The van der Waals surface area contributed by atoms with E-state index in [1.807, 2.05) is 11.8 Å². The summed E-state index contributed by atoms with van der Waals surface area (Å²) in [7, 11) is -3.81. The van der Waals surface area contributed by atoms with Crippen molar-refractivity contribution in [3.8, 4) is 0 Å². The van der Waals surface area contributed by atoms with E-state index in [9.17, 15) is 13.2 Å². The molecule has 2 fully saturated rings. The number of nitrogens with zero attached hydrogens (tertiary/aromatic N) is 5. The Kier molecular flexibility index (Phi) is 5.40. The van der Waals surface area contributed by atoms with Crippen molar-refractivity contribution in [2.24, 2.45) is 0 Å². The average molecular weight is 596 g/mol. The van der Waals surface area contributed by atoms with Crippen LogP contribution in [0.4, 0.5) is 15.0 Å². The first-order valence-electron chi connectivity index (χ1n) is 10.3. The highest BCUT2D eigenvalue weighted by atomic mass is 127. The van der Waals surface area contributed by atoms with Gasteiger partial charge in [0.2, 0.25) is 15.0 Å². The summed E-state index contributed by atoms with van der Waals surface area (Å²) in [5, 5.41) is -0.383. The van der Waals surface area contributed by atoms with Gasteiger partial charge in [-0.1, -0.05) is 25.4 Å². The molecule has 1 amide bonds. The number of hydrogen-bond donors (Lipinski definition) is 0. The summed E-state index contributed by atoms with van der Waals surface area (Å²) in [6.45, 7) is 3.88. The van der Waals surface area contributed by atoms with E-state index < -0.39 is 20.8 Å². The van der Waals surface area contributed by atoms with Crippen LogP contribution in [-0.4, -0.2) is 64.8 Å². The third kappa shape index (κ3) is 3.16. The van der Waals surface area contributed by atoms with E-state index in [0.29, 0.717) is 29.9 Å². The van der Waals surface area contributed by atoms with Gasteiger partial charge in [-0.3, -0.25) is 4.90 Å². The number of anilines is 1. The van der Waals surface area contributed by atoms with Crippen molar-refractivity contribution in [3.05, 3.63) is 16.7 Å². The first kappa shape index (κ1) is 22.3. The molecule has 2 saturated heterocycles. The standard InChI is InChI=1S/C19H20ClFIN5O4S/c1-3-32(29,30)18-24-15-12-14(23-16(20)13(15)21)8(2)6-11-10-5-4-9(27(10)19(28)31-22)7-26(11)17(12)25-18/h8-11H,3-7H2,1-2H3/t8-,9+,10-,11+/m0/s1. The first-order valence-corrected chi connectivity index (χ1v) is 13.3. The molecule has 9 nitrogen and oxygen atoms in total. The van der Waals surface area contributed by atoms with Gasteiger partial charge in [0.15, 0.2) is 34.0 Å². The number of pyridine rings is 1. The number of aromatic nitrogens is 3. The van der Waals surface area contributed by atoms with Gasteiger partial charge in [0.1, 0.15) is 11.3 Å². The molecule has 0 N–H and O–H groups in total. The lowest BCUT2D eigenvalue weighted by molar-refractivity contribution is 0.115. The normalized spacial score (nSPS) is 26.8. The lowest BCUT2D eigenvalue weighted by Gasteiger charge is -2.46. The summed E-state index contributed by atoms with van der Waals surface area (Å²) in [6.07, 6.45) is 1.81. The van der Waals surface area contributed by atoms with Gasteiger partial charge in [-0.15, -0.1) is 0 Å². The summed E-state index contributed by atoms with van der Waals surface area (Å²) < 4.78 is 45.4. The molecule has 32 heavy (non-hydrogen) atoms. The number of hydrogen-bond acceptors (Lipinski definition) is 8. The van der Waals surface area contributed by atoms with Crippen LogP contribution in [0.3, 0.4) is 0 Å². The molecule has 0 aromatic carbocycles. The highest BCUT2D eigenvalue weighted by Crippen LogP contribution is 2.46. The summed E-state index contributed by atoms with van der Waals surface area (Å²) >= 11 is 7.68. The predicted octanol–water partition coefficient (Wildman–Crippen LogP) is 3.63. The van der Waals surface area contributed by atoms with Crippen LogP contribution in [-0.2, 0) is 12.9 Å². The second-order valence-corrected chi connectivity index (χ2v) is 11.4. The summed E-state index contributed by atoms with van der Waals surface area (Å²) in [5.41, 5.74) is 0.404. The maximum absolute atomic E-state index is 15.1. The van der Waals surface area contributed by atoms with Gasteiger partial charge in [-0.2, -0.15) is 0 Å². The van der Waals surface area contributed by atoms with Crippen LogP contribution in [0.5, 0.6) is 0 Å². The second kappa shape index (κ2) is 7.76. The SMILES string of the molecule is CCS(=O)(=O)c1nc2c3c(nc(Cl)c(F)c3n1)[C@@H](C)C[C@@H]1[C@@H]3CC[C@H](CN21)N3C(=O)OI. The van der Waals surface area contributed by atoms with Gasteiger partial charge in [0.05, 0.1) is 35.0 Å². The minimum Gasteiger partial charge on any atom is -0.378 e. The molecule has 2 aromatic rings. The van der Waals surface area contributed by atoms with Crippen LogP contribution in [0.1, 0.15) is 44.7 Å². The Bertz CT molecular complexity index is 1250. The van der Waals surface area contributed by atoms with E-state index in [1.165, 1.54) is 6.92 Å². The Balaban J connectivity index is 1.78. The zero-order valence-corrected chi connectivity index (χ0v) is 21.0. The molecule has 5 rings (SSSR count). The molecule has 0 aliphatic carbocycles. The van der Waals surface area contributed by atoms with Crippen molar-refractivity contribution < 1.29 is 20.7 Å². The molecule has 3 aliphatic heterocycles. The van der Waals surface area contributed by atoms with Crippen molar-refractivity contribution in [2.45, 2.75) is 62.3 Å². The quantitative estimate of drug-likeness (QED) is 0.295. The number of rotatable bonds is 2. The Hall–Kier alpha value is -1.54. The first-order chi connectivity index (χ1) is 15.2. The van der Waals surface area contributed by atoms with E-state index >= 15 is 4.39 Å². The number of sulfone groups is 1. The van der Waals surface area contributed by atoms with E-state index in [1.54, 1.807) is 27.9 Å². The summed E-state index contributed by atoms with van der Waals surface area (Å²) in [6, 6.07) is -0.411. The molecule has 172 valence electrons.